The first-order valence-electron chi connectivity index (χ1n) is 8.51. The molecule has 0 saturated carbocycles. The number of hydrogen-bond acceptors (Lipinski definition) is 4. The highest BCUT2D eigenvalue weighted by atomic mass is 16.4. The molecule has 0 aliphatic heterocycles. The summed E-state index contributed by atoms with van der Waals surface area (Å²) in [6.07, 6.45) is 4.13. The van der Waals surface area contributed by atoms with Crippen LogP contribution in [0.4, 0.5) is 5.82 Å². The van der Waals surface area contributed by atoms with Crippen LogP contribution in [0.1, 0.15) is 33.7 Å². The number of benzene rings is 1. The highest BCUT2D eigenvalue weighted by Crippen LogP contribution is 2.12. The van der Waals surface area contributed by atoms with Crippen LogP contribution in [0, 0.1) is 6.92 Å². The van der Waals surface area contributed by atoms with Gasteiger partial charge in [0.25, 0.3) is 5.91 Å². The summed E-state index contributed by atoms with van der Waals surface area (Å²) in [4.78, 5) is 24.6. The molecule has 1 amide bonds. The maximum atomic E-state index is 12.4. The van der Waals surface area contributed by atoms with Gasteiger partial charge in [0.1, 0.15) is 11.3 Å². The summed E-state index contributed by atoms with van der Waals surface area (Å²) in [5.74, 6) is 0.479. The maximum absolute atomic E-state index is 12.4. The molecular weight excluding hydrogens is 330 g/mol. The van der Waals surface area contributed by atoms with Crippen molar-refractivity contribution in [2.45, 2.75) is 26.2 Å². The Morgan fingerprint density at radius 1 is 1.19 bits per heavy atom. The number of carbonyl (C=O) groups is 1. The molecule has 0 aliphatic rings. The van der Waals surface area contributed by atoms with Crippen LogP contribution < -0.4 is 10.9 Å². The number of carbonyl (C=O) groups excluding carboxylic acids is 1. The molecule has 0 aliphatic carbocycles. The van der Waals surface area contributed by atoms with E-state index in [9.17, 15) is 9.59 Å². The van der Waals surface area contributed by atoms with Gasteiger partial charge in [-0.05, 0) is 37.0 Å². The second-order valence-corrected chi connectivity index (χ2v) is 6.23. The summed E-state index contributed by atoms with van der Waals surface area (Å²) in [6.45, 7) is 1.74. The lowest BCUT2D eigenvalue weighted by Crippen LogP contribution is -2.23. The minimum absolute atomic E-state index is 0.0162. The van der Waals surface area contributed by atoms with E-state index in [1.165, 1.54) is 5.56 Å². The molecule has 26 heavy (non-hydrogen) atoms. The van der Waals surface area contributed by atoms with Gasteiger partial charge >= 0.3 is 5.63 Å². The normalized spacial score (nSPS) is 10.7. The Morgan fingerprint density at radius 3 is 2.62 bits per heavy atom. The standard InChI is InChI=1S/C20H21N3O3/c1-14-13-16(10-6-9-15-7-4-3-5-8-15)26-20(25)18(14)19(24)21-17-11-12-23(2)22-17/h3-5,7-8,11-13H,6,9-10H2,1-2H3,(H,21,22,24). The zero-order valence-electron chi connectivity index (χ0n) is 14.9. The van der Waals surface area contributed by atoms with E-state index in [1.54, 1.807) is 37.0 Å². The van der Waals surface area contributed by atoms with Gasteiger partial charge in [-0.3, -0.25) is 9.48 Å². The summed E-state index contributed by atoms with van der Waals surface area (Å²) in [5, 5.41) is 6.69. The number of rotatable bonds is 6. The number of amides is 1. The molecule has 6 nitrogen and oxygen atoms in total. The van der Waals surface area contributed by atoms with Crippen LogP contribution in [0.5, 0.6) is 0 Å². The first-order valence-corrected chi connectivity index (χ1v) is 8.51. The number of nitrogens with one attached hydrogen (secondary N) is 1. The van der Waals surface area contributed by atoms with Crippen molar-refractivity contribution >= 4 is 11.7 Å². The molecule has 1 N–H and O–H groups in total. The van der Waals surface area contributed by atoms with Gasteiger partial charge in [-0.2, -0.15) is 5.10 Å². The molecule has 0 bridgehead atoms. The van der Waals surface area contributed by atoms with E-state index >= 15 is 0 Å². The van der Waals surface area contributed by atoms with E-state index in [0.717, 1.165) is 12.8 Å². The quantitative estimate of drug-likeness (QED) is 0.740. The van der Waals surface area contributed by atoms with Gasteiger partial charge in [0.15, 0.2) is 5.82 Å². The second kappa shape index (κ2) is 7.82. The number of hydrogen-bond donors (Lipinski definition) is 1. The van der Waals surface area contributed by atoms with Crippen molar-refractivity contribution in [1.29, 1.82) is 0 Å². The topological polar surface area (TPSA) is 77.1 Å². The molecule has 2 aromatic heterocycles. The van der Waals surface area contributed by atoms with Gasteiger partial charge in [0, 0.05) is 25.7 Å². The van der Waals surface area contributed by atoms with E-state index in [-0.39, 0.29) is 5.56 Å². The molecular formula is C20H21N3O3. The monoisotopic (exact) mass is 351 g/mol. The van der Waals surface area contributed by atoms with Crippen molar-refractivity contribution in [3.05, 3.63) is 81.5 Å². The van der Waals surface area contributed by atoms with Gasteiger partial charge in [-0.15, -0.1) is 0 Å². The average molecular weight is 351 g/mol. The van der Waals surface area contributed by atoms with Gasteiger partial charge < -0.3 is 9.73 Å². The van der Waals surface area contributed by atoms with Crippen LogP contribution in [0.2, 0.25) is 0 Å². The fourth-order valence-electron chi connectivity index (χ4n) is 2.84. The molecule has 1 aromatic carbocycles. The first-order chi connectivity index (χ1) is 12.5. The maximum Gasteiger partial charge on any atom is 0.349 e. The predicted molar refractivity (Wildman–Crippen MR) is 99.3 cm³/mol. The summed E-state index contributed by atoms with van der Waals surface area (Å²) in [5.41, 5.74) is 1.25. The van der Waals surface area contributed by atoms with E-state index < -0.39 is 11.5 Å². The predicted octanol–water partition coefficient (Wildman–Crippen LogP) is 3.11. The highest BCUT2D eigenvalue weighted by molar-refractivity contribution is 6.04. The molecule has 3 aromatic rings. The van der Waals surface area contributed by atoms with Crippen LogP contribution in [0.25, 0.3) is 0 Å². The van der Waals surface area contributed by atoms with Crippen LogP contribution >= 0.6 is 0 Å². The molecule has 0 atom stereocenters. The minimum atomic E-state index is -0.617. The van der Waals surface area contributed by atoms with Crippen LogP contribution in [-0.4, -0.2) is 15.7 Å². The first kappa shape index (κ1) is 17.7. The third-order valence-electron chi connectivity index (χ3n) is 4.11. The largest absolute Gasteiger partial charge is 0.427 e. The lowest BCUT2D eigenvalue weighted by Gasteiger charge is -2.07. The highest BCUT2D eigenvalue weighted by Gasteiger charge is 2.17. The van der Waals surface area contributed by atoms with E-state index in [1.807, 2.05) is 18.2 Å². The molecule has 0 spiro atoms. The van der Waals surface area contributed by atoms with Crippen LogP contribution in [-0.2, 0) is 19.9 Å². The molecule has 0 radical (unpaired) electrons. The molecule has 0 saturated heterocycles. The molecule has 0 fully saturated rings. The number of nitrogens with zero attached hydrogens (tertiary/aromatic N) is 2. The molecule has 2 heterocycles. The number of aryl methyl sites for hydroxylation is 4. The summed E-state index contributed by atoms with van der Waals surface area (Å²) in [7, 11) is 1.75. The van der Waals surface area contributed by atoms with Crippen molar-refractivity contribution in [2.24, 2.45) is 7.05 Å². The lowest BCUT2D eigenvalue weighted by atomic mass is 10.1. The summed E-state index contributed by atoms with van der Waals surface area (Å²) >= 11 is 0. The van der Waals surface area contributed by atoms with Gasteiger partial charge in [-0.1, -0.05) is 30.3 Å². The molecule has 3 rings (SSSR count). The van der Waals surface area contributed by atoms with E-state index in [0.29, 0.717) is 23.6 Å². The fraction of sp³-hybridized carbons (Fsp3) is 0.250. The Labute approximate surface area is 151 Å². The van der Waals surface area contributed by atoms with Crippen LogP contribution in [0.15, 0.2) is 57.9 Å². The Bertz CT molecular complexity index is 958. The van der Waals surface area contributed by atoms with E-state index in [4.69, 9.17) is 4.42 Å². The number of anilines is 1. The Hall–Kier alpha value is -3.15. The van der Waals surface area contributed by atoms with Crippen molar-refractivity contribution < 1.29 is 9.21 Å². The van der Waals surface area contributed by atoms with Crippen LogP contribution in [0.3, 0.4) is 0 Å². The van der Waals surface area contributed by atoms with Gasteiger partial charge in [0.2, 0.25) is 0 Å². The Morgan fingerprint density at radius 2 is 1.96 bits per heavy atom. The smallest absolute Gasteiger partial charge is 0.349 e. The zero-order valence-corrected chi connectivity index (χ0v) is 14.9. The molecule has 0 unspecified atom stereocenters. The third-order valence-corrected chi connectivity index (χ3v) is 4.11. The fourth-order valence-corrected chi connectivity index (χ4v) is 2.84. The summed E-state index contributed by atoms with van der Waals surface area (Å²) in [6, 6.07) is 13.6. The molecule has 6 heteroatoms. The Balaban J connectivity index is 1.67. The molecule has 134 valence electrons. The number of aromatic nitrogens is 2. The summed E-state index contributed by atoms with van der Waals surface area (Å²) < 4.78 is 6.92. The van der Waals surface area contributed by atoms with Crippen molar-refractivity contribution in [3.8, 4) is 0 Å². The average Bonchev–Trinajstić information content (AvgIpc) is 3.00. The van der Waals surface area contributed by atoms with Gasteiger partial charge in [-0.25, -0.2) is 4.79 Å². The Kier molecular flexibility index (Phi) is 5.31. The van der Waals surface area contributed by atoms with E-state index in [2.05, 4.69) is 22.5 Å². The lowest BCUT2D eigenvalue weighted by molar-refractivity contribution is 0.102. The van der Waals surface area contributed by atoms with Crippen molar-refractivity contribution in [2.75, 3.05) is 5.32 Å². The third kappa shape index (κ3) is 4.27. The second-order valence-electron chi connectivity index (χ2n) is 6.23. The van der Waals surface area contributed by atoms with Crippen molar-refractivity contribution in [3.63, 3.8) is 0 Å². The minimum Gasteiger partial charge on any atom is -0.427 e. The van der Waals surface area contributed by atoms with Gasteiger partial charge in [0.05, 0.1) is 0 Å². The van der Waals surface area contributed by atoms with Crippen molar-refractivity contribution in [1.82, 2.24) is 9.78 Å². The SMILES string of the molecule is Cc1cc(CCCc2ccccc2)oc(=O)c1C(=O)Nc1ccn(C)n1. The zero-order chi connectivity index (χ0) is 18.5.